The molecule has 1 aromatic carbocycles. The van der Waals surface area contributed by atoms with E-state index in [-0.39, 0.29) is 5.56 Å². The number of hydrogen-bond donors (Lipinski definition) is 2. The second-order valence-electron chi connectivity index (χ2n) is 5.04. The predicted molar refractivity (Wildman–Crippen MR) is 66.9 cm³/mol. The second kappa shape index (κ2) is 5.35. The molecular weight excluding hydrogens is 237 g/mol. The van der Waals surface area contributed by atoms with Gasteiger partial charge in [-0.05, 0) is 45.9 Å². The molecule has 18 heavy (non-hydrogen) atoms. The Hall–Kier alpha value is -1.62. The highest BCUT2D eigenvalue weighted by molar-refractivity contribution is 5.84. The van der Waals surface area contributed by atoms with Crippen molar-refractivity contribution in [3.8, 4) is 0 Å². The SMILES string of the molecule is C[C@H](O)c1cc(NC(=O)OC(C)(C)C)ccc1F. The second-order valence-corrected chi connectivity index (χ2v) is 5.04. The Labute approximate surface area is 106 Å². The van der Waals surface area contributed by atoms with E-state index >= 15 is 0 Å². The van der Waals surface area contributed by atoms with E-state index < -0.39 is 23.6 Å². The van der Waals surface area contributed by atoms with Gasteiger partial charge in [0, 0.05) is 11.3 Å². The molecule has 1 aromatic rings. The van der Waals surface area contributed by atoms with Crippen molar-refractivity contribution in [2.75, 3.05) is 5.32 Å². The zero-order valence-electron chi connectivity index (χ0n) is 11.0. The van der Waals surface area contributed by atoms with E-state index in [2.05, 4.69) is 5.32 Å². The Morgan fingerprint density at radius 2 is 2.06 bits per heavy atom. The zero-order chi connectivity index (χ0) is 13.9. The van der Waals surface area contributed by atoms with Gasteiger partial charge in [-0.15, -0.1) is 0 Å². The number of aliphatic hydroxyl groups is 1. The van der Waals surface area contributed by atoms with E-state index in [1.54, 1.807) is 20.8 Å². The van der Waals surface area contributed by atoms with Crippen LogP contribution in [0.1, 0.15) is 39.4 Å². The molecular formula is C13H18FNO3. The van der Waals surface area contributed by atoms with E-state index in [0.29, 0.717) is 5.69 Å². The number of ether oxygens (including phenoxy) is 1. The smallest absolute Gasteiger partial charge is 0.412 e. The topological polar surface area (TPSA) is 58.6 Å². The molecule has 0 fully saturated rings. The van der Waals surface area contributed by atoms with Crippen LogP contribution in [-0.2, 0) is 4.74 Å². The minimum Gasteiger partial charge on any atom is -0.444 e. The van der Waals surface area contributed by atoms with Gasteiger partial charge in [0.1, 0.15) is 11.4 Å². The lowest BCUT2D eigenvalue weighted by Gasteiger charge is -2.20. The number of benzene rings is 1. The van der Waals surface area contributed by atoms with Crippen molar-refractivity contribution in [1.29, 1.82) is 0 Å². The van der Waals surface area contributed by atoms with Crippen LogP contribution < -0.4 is 5.32 Å². The number of halogens is 1. The van der Waals surface area contributed by atoms with Crippen LogP contribution >= 0.6 is 0 Å². The van der Waals surface area contributed by atoms with E-state index in [1.807, 2.05) is 0 Å². The van der Waals surface area contributed by atoms with Gasteiger partial charge in [-0.2, -0.15) is 0 Å². The first kappa shape index (κ1) is 14.4. The maximum Gasteiger partial charge on any atom is 0.412 e. The lowest BCUT2D eigenvalue weighted by atomic mass is 10.1. The lowest BCUT2D eigenvalue weighted by Crippen LogP contribution is -2.27. The summed E-state index contributed by atoms with van der Waals surface area (Å²) in [5.74, 6) is -0.514. The van der Waals surface area contributed by atoms with Gasteiger partial charge in [-0.1, -0.05) is 0 Å². The third-order valence-corrected chi connectivity index (χ3v) is 2.09. The van der Waals surface area contributed by atoms with Crippen LogP contribution in [0.15, 0.2) is 18.2 Å². The molecule has 0 unspecified atom stereocenters. The average molecular weight is 255 g/mol. The van der Waals surface area contributed by atoms with Gasteiger partial charge >= 0.3 is 6.09 Å². The van der Waals surface area contributed by atoms with Gasteiger partial charge in [0.25, 0.3) is 0 Å². The van der Waals surface area contributed by atoms with Gasteiger partial charge in [-0.3, -0.25) is 5.32 Å². The number of anilines is 1. The zero-order valence-corrected chi connectivity index (χ0v) is 11.0. The van der Waals surface area contributed by atoms with Crippen molar-refractivity contribution >= 4 is 11.8 Å². The summed E-state index contributed by atoms with van der Waals surface area (Å²) in [5, 5.41) is 11.8. The fourth-order valence-electron chi connectivity index (χ4n) is 1.36. The number of amides is 1. The van der Waals surface area contributed by atoms with Crippen LogP contribution in [0.3, 0.4) is 0 Å². The van der Waals surface area contributed by atoms with Crippen LogP contribution in [0, 0.1) is 5.82 Å². The van der Waals surface area contributed by atoms with Crippen LogP contribution in [0.2, 0.25) is 0 Å². The van der Waals surface area contributed by atoms with Gasteiger partial charge < -0.3 is 9.84 Å². The van der Waals surface area contributed by atoms with Crippen molar-refractivity contribution in [1.82, 2.24) is 0 Å². The van der Waals surface area contributed by atoms with Crippen molar-refractivity contribution in [3.05, 3.63) is 29.6 Å². The molecule has 0 saturated carbocycles. The highest BCUT2D eigenvalue weighted by atomic mass is 19.1. The molecule has 100 valence electrons. The van der Waals surface area contributed by atoms with Gasteiger partial charge in [0.05, 0.1) is 6.10 Å². The molecule has 0 radical (unpaired) electrons. The molecule has 4 nitrogen and oxygen atoms in total. The molecule has 0 aliphatic heterocycles. The molecule has 0 bridgehead atoms. The van der Waals surface area contributed by atoms with Crippen molar-refractivity contribution in [3.63, 3.8) is 0 Å². The summed E-state index contributed by atoms with van der Waals surface area (Å²) >= 11 is 0. The Balaban J connectivity index is 2.80. The van der Waals surface area contributed by atoms with Crippen LogP contribution in [0.5, 0.6) is 0 Å². The monoisotopic (exact) mass is 255 g/mol. The molecule has 0 aliphatic rings. The highest BCUT2D eigenvalue weighted by Gasteiger charge is 2.17. The maximum absolute atomic E-state index is 13.3. The maximum atomic E-state index is 13.3. The molecule has 0 aromatic heterocycles. The van der Waals surface area contributed by atoms with Crippen LogP contribution in [-0.4, -0.2) is 16.8 Å². The van der Waals surface area contributed by atoms with Gasteiger partial charge in [0.15, 0.2) is 0 Å². The standard InChI is InChI=1S/C13H18FNO3/c1-8(16)10-7-9(5-6-11(10)14)15-12(17)18-13(2,3)4/h5-8,16H,1-4H3,(H,15,17)/t8-/m0/s1. The van der Waals surface area contributed by atoms with Crippen LogP contribution in [0.25, 0.3) is 0 Å². The Kier molecular flexibility index (Phi) is 4.29. The molecule has 0 aliphatic carbocycles. The van der Waals surface area contributed by atoms with Crippen molar-refractivity contribution in [2.45, 2.75) is 39.4 Å². The fourth-order valence-corrected chi connectivity index (χ4v) is 1.36. The Bertz CT molecular complexity index is 438. The number of hydrogen-bond acceptors (Lipinski definition) is 3. The largest absolute Gasteiger partial charge is 0.444 e. The molecule has 0 heterocycles. The van der Waals surface area contributed by atoms with Crippen molar-refractivity contribution in [2.24, 2.45) is 0 Å². The number of aliphatic hydroxyl groups excluding tert-OH is 1. The molecule has 0 spiro atoms. The summed E-state index contributed by atoms with van der Waals surface area (Å²) in [7, 11) is 0. The summed E-state index contributed by atoms with van der Waals surface area (Å²) in [6.07, 6.45) is -1.56. The van der Waals surface area contributed by atoms with Crippen molar-refractivity contribution < 1.29 is 19.0 Å². The molecule has 0 saturated heterocycles. The van der Waals surface area contributed by atoms with Gasteiger partial charge in [0.2, 0.25) is 0 Å². The number of rotatable bonds is 2. The molecule has 1 amide bonds. The summed E-state index contributed by atoms with van der Waals surface area (Å²) in [6.45, 7) is 6.70. The Morgan fingerprint density at radius 3 is 2.56 bits per heavy atom. The summed E-state index contributed by atoms with van der Waals surface area (Å²) in [6, 6.07) is 3.98. The lowest BCUT2D eigenvalue weighted by molar-refractivity contribution is 0.0636. The average Bonchev–Trinajstić information content (AvgIpc) is 2.17. The minimum absolute atomic E-state index is 0.128. The molecule has 2 N–H and O–H groups in total. The summed E-state index contributed by atoms with van der Waals surface area (Å²) < 4.78 is 18.4. The predicted octanol–water partition coefficient (Wildman–Crippen LogP) is 3.23. The third-order valence-electron chi connectivity index (χ3n) is 2.09. The van der Waals surface area contributed by atoms with E-state index in [4.69, 9.17) is 4.74 Å². The van der Waals surface area contributed by atoms with E-state index in [0.717, 1.165) is 0 Å². The first-order chi connectivity index (χ1) is 8.19. The van der Waals surface area contributed by atoms with E-state index in [1.165, 1.54) is 25.1 Å². The first-order valence-electron chi connectivity index (χ1n) is 5.66. The quantitative estimate of drug-likeness (QED) is 0.853. The van der Waals surface area contributed by atoms with Gasteiger partial charge in [-0.25, -0.2) is 9.18 Å². The third kappa shape index (κ3) is 4.33. The molecule has 1 atom stereocenters. The number of nitrogens with one attached hydrogen (secondary N) is 1. The first-order valence-corrected chi connectivity index (χ1v) is 5.66. The van der Waals surface area contributed by atoms with E-state index in [9.17, 15) is 14.3 Å². The highest BCUT2D eigenvalue weighted by Crippen LogP contribution is 2.21. The minimum atomic E-state index is -0.939. The normalized spacial score (nSPS) is 13.0. The summed E-state index contributed by atoms with van der Waals surface area (Å²) in [5.41, 5.74) is -0.0953. The molecule has 5 heteroatoms. The fraction of sp³-hybridized carbons (Fsp3) is 0.462. The molecule has 1 rings (SSSR count). The number of carbonyl (C=O) groups is 1. The van der Waals surface area contributed by atoms with Crippen LogP contribution in [0.4, 0.5) is 14.9 Å². The number of carbonyl (C=O) groups excluding carboxylic acids is 1. The summed E-state index contributed by atoms with van der Waals surface area (Å²) in [4.78, 5) is 11.5. The Morgan fingerprint density at radius 1 is 1.44 bits per heavy atom.